The van der Waals surface area contributed by atoms with E-state index in [4.69, 9.17) is 0 Å². The van der Waals surface area contributed by atoms with Crippen molar-refractivity contribution in [3.63, 3.8) is 0 Å². The minimum absolute atomic E-state index is 0.204. The van der Waals surface area contributed by atoms with E-state index in [9.17, 15) is 8.78 Å². The smallest absolute Gasteiger partial charge is 0.163 e. The second-order valence-electron chi connectivity index (χ2n) is 4.82. The molecule has 1 aliphatic heterocycles. The van der Waals surface area contributed by atoms with Gasteiger partial charge in [-0.3, -0.25) is 0 Å². The van der Waals surface area contributed by atoms with Crippen LogP contribution in [0.5, 0.6) is 0 Å². The molecule has 1 aliphatic rings. The van der Waals surface area contributed by atoms with E-state index in [0.717, 1.165) is 18.2 Å². The summed E-state index contributed by atoms with van der Waals surface area (Å²) in [4.78, 5) is 1.27. The highest BCUT2D eigenvalue weighted by molar-refractivity contribution is 7.99. The summed E-state index contributed by atoms with van der Waals surface area (Å²) in [6, 6.07) is 12.8. The van der Waals surface area contributed by atoms with Crippen molar-refractivity contribution in [1.82, 2.24) is 5.32 Å². The molecule has 3 rings (SSSR count). The molecule has 4 heteroatoms. The number of hydrogen-bond acceptors (Lipinski definition) is 2. The third kappa shape index (κ3) is 2.72. The quantitative estimate of drug-likeness (QED) is 0.905. The first-order valence-corrected chi connectivity index (χ1v) is 7.62. The monoisotopic (exact) mass is 291 g/mol. The Bertz CT molecular complexity index is 615. The van der Waals surface area contributed by atoms with Gasteiger partial charge in [0, 0.05) is 23.0 Å². The molecule has 0 spiro atoms. The number of hydrogen-bond donors (Lipinski definition) is 1. The Morgan fingerprint density at radius 2 is 1.95 bits per heavy atom. The van der Waals surface area contributed by atoms with Crippen LogP contribution < -0.4 is 5.32 Å². The van der Waals surface area contributed by atoms with Crippen LogP contribution in [0.2, 0.25) is 0 Å². The van der Waals surface area contributed by atoms with Crippen LogP contribution in [0.1, 0.15) is 23.6 Å². The average molecular weight is 291 g/mol. The van der Waals surface area contributed by atoms with Gasteiger partial charge in [-0.05, 0) is 29.9 Å². The van der Waals surface area contributed by atoms with Gasteiger partial charge in [0.2, 0.25) is 0 Å². The fraction of sp³-hybridized carbons (Fsp3) is 0.250. The van der Waals surface area contributed by atoms with Gasteiger partial charge in [0.15, 0.2) is 11.6 Å². The fourth-order valence-electron chi connectivity index (χ4n) is 2.47. The van der Waals surface area contributed by atoms with Crippen molar-refractivity contribution in [2.24, 2.45) is 0 Å². The third-order valence-corrected chi connectivity index (χ3v) is 4.65. The van der Waals surface area contributed by atoms with Crippen LogP contribution in [-0.2, 0) is 6.54 Å². The van der Waals surface area contributed by atoms with Crippen LogP contribution in [0.25, 0.3) is 0 Å². The Kier molecular flexibility index (Phi) is 4.03. The molecule has 0 radical (unpaired) electrons. The summed E-state index contributed by atoms with van der Waals surface area (Å²) >= 11 is 1.85. The Morgan fingerprint density at radius 3 is 2.85 bits per heavy atom. The molecule has 2 aromatic rings. The molecule has 20 heavy (non-hydrogen) atoms. The maximum Gasteiger partial charge on any atom is 0.163 e. The van der Waals surface area contributed by atoms with Gasteiger partial charge < -0.3 is 5.32 Å². The molecule has 0 aromatic heterocycles. The van der Waals surface area contributed by atoms with Crippen molar-refractivity contribution in [2.45, 2.75) is 23.9 Å². The average Bonchev–Trinajstić information content (AvgIpc) is 2.49. The standard InChI is InChI=1S/C16H15F2NS/c17-13-6-3-4-11(16(13)18)10-19-14-8-9-20-15-7-2-1-5-12(14)15/h1-7,14,19H,8-10H2. The molecule has 0 saturated heterocycles. The predicted octanol–water partition coefficient (Wildman–Crippen LogP) is 4.29. The molecule has 0 bridgehead atoms. The first-order valence-electron chi connectivity index (χ1n) is 6.63. The van der Waals surface area contributed by atoms with E-state index in [0.29, 0.717) is 12.1 Å². The maximum absolute atomic E-state index is 13.6. The molecular formula is C16H15F2NS. The van der Waals surface area contributed by atoms with Gasteiger partial charge in [0.25, 0.3) is 0 Å². The lowest BCUT2D eigenvalue weighted by Gasteiger charge is -2.26. The zero-order valence-corrected chi connectivity index (χ0v) is 11.7. The lowest BCUT2D eigenvalue weighted by molar-refractivity contribution is 0.470. The van der Waals surface area contributed by atoms with Crippen LogP contribution in [0.3, 0.4) is 0 Å². The summed E-state index contributed by atoms with van der Waals surface area (Å²) < 4.78 is 26.8. The van der Waals surface area contributed by atoms with Crippen LogP contribution in [0.15, 0.2) is 47.4 Å². The molecule has 0 amide bonds. The van der Waals surface area contributed by atoms with Crippen molar-refractivity contribution in [3.8, 4) is 0 Å². The van der Waals surface area contributed by atoms with Crippen LogP contribution in [0, 0.1) is 11.6 Å². The van der Waals surface area contributed by atoms with Crippen LogP contribution in [0.4, 0.5) is 8.78 Å². The minimum Gasteiger partial charge on any atom is -0.306 e. The van der Waals surface area contributed by atoms with Crippen molar-refractivity contribution in [2.75, 3.05) is 5.75 Å². The molecule has 104 valence electrons. The second kappa shape index (κ2) is 5.94. The first kappa shape index (κ1) is 13.6. The Morgan fingerprint density at radius 1 is 1.10 bits per heavy atom. The summed E-state index contributed by atoms with van der Waals surface area (Å²) in [7, 11) is 0. The molecule has 0 fully saturated rings. The van der Waals surface area contributed by atoms with E-state index >= 15 is 0 Å². The summed E-state index contributed by atoms with van der Waals surface area (Å²) in [5.41, 5.74) is 1.63. The molecular weight excluding hydrogens is 276 g/mol. The highest BCUT2D eigenvalue weighted by Gasteiger charge is 2.20. The number of benzene rings is 2. The molecule has 1 nitrogen and oxygen atoms in total. The lowest BCUT2D eigenvalue weighted by atomic mass is 10.0. The largest absolute Gasteiger partial charge is 0.306 e. The van der Waals surface area contributed by atoms with Gasteiger partial charge in [0.05, 0.1) is 0 Å². The SMILES string of the molecule is Fc1cccc(CNC2CCSc3ccccc32)c1F. The summed E-state index contributed by atoms with van der Waals surface area (Å²) in [6.45, 7) is 0.341. The molecule has 1 unspecified atom stereocenters. The fourth-order valence-corrected chi connectivity index (χ4v) is 3.60. The number of nitrogens with one attached hydrogen (secondary N) is 1. The summed E-state index contributed by atoms with van der Waals surface area (Å²) in [6.07, 6.45) is 0.999. The summed E-state index contributed by atoms with van der Waals surface area (Å²) in [5, 5.41) is 3.34. The number of halogens is 2. The van der Waals surface area contributed by atoms with Gasteiger partial charge in [-0.15, -0.1) is 11.8 Å². The Hall–Kier alpha value is -1.39. The molecule has 0 saturated carbocycles. The van der Waals surface area contributed by atoms with E-state index in [1.165, 1.54) is 10.5 Å². The van der Waals surface area contributed by atoms with E-state index in [2.05, 4.69) is 17.4 Å². The predicted molar refractivity (Wildman–Crippen MR) is 77.7 cm³/mol. The lowest BCUT2D eigenvalue weighted by Crippen LogP contribution is -2.24. The third-order valence-electron chi connectivity index (χ3n) is 3.53. The first-order chi connectivity index (χ1) is 9.75. The van der Waals surface area contributed by atoms with Gasteiger partial charge in [-0.25, -0.2) is 8.78 Å². The van der Waals surface area contributed by atoms with Crippen LogP contribution >= 0.6 is 11.8 Å². The van der Waals surface area contributed by atoms with Crippen molar-refractivity contribution in [3.05, 3.63) is 65.2 Å². The van der Waals surface area contributed by atoms with E-state index in [1.54, 1.807) is 12.1 Å². The van der Waals surface area contributed by atoms with Gasteiger partial charge >= 0.3 is 0 Å². The number of rotatable bonds is 3. The van der Waals surface area contributed by atoms with Gasteiger partial charge in [0.1, 0.15) is 0 Å². The van der Waals surface area contributed by atoms with E-state index in [-0.39, 0.29) is 6.04 Å². The maximum atomic E-state index is 13.6. The zero-order valence-electron chi connectivity index (χ0n) is 10.9. The molecule has 1 atom stereocenters. The molecule has 1 heterocycles. The highest BCUT2D eigenvalue weighted by atomic mass is 32.2. The number of thioether (sulfide) groups is 1. The number of fused-ring (bicyclic) bond motifs is 1. The topological polar surface area (TPSA) is 12.0 Å². The van der Waals surface area contributed by atoms with Gasteiger partial charge in [-0.2, -0.15) is 0 Å². The zero-order chi connectivity index (χ0) is 13.9. The van der Waals surface area contributed by atoms with Crippen molar-refractivity contribution >= 4 is 11.8 Å². The van der Waals surface area contributed by atoms with E-state index in [1.807, 2.05) is 23.9 Å². The molecule has 0 aliphatic carbocycles. The second-order valence-corrected chi connectivity index (χ2v) is 5.96. The van der Waals surface area contributed by atoms with Crippen molar-refractivity contribution in [1.29, 1.82) is 0 Å². The molecule has 1 N–H and O–H groups in total. The van der Waals surface area contributed by atoms with Crippen molar-refractivity contribution < 1.29 is 8.78 Å². The minimum atomic E-state index is -0.788. The Labute approximate surface area is 121 Å². The molecule has 2 aromatic carbocycles. The summed E-state index contributed by atoms with van der Waals surface area (Å²) in [5.74, 6) is -0.497. The normalized spacial score (nSPS) is 17.8. The van der Waals surface area contributed by atoms with Crippen LogP contribution in [-0.4, -0.2) is 5.75 Å². The van der Waals surface area contributed by atoms with Gasteiger partial charge in [-0.1, -0.05) is 30.3 Å². The highest BCUT2D eigenvalue weighted by Crippen LogP contribution is 2.35. The Balaban J connectivity index is 1.75. The van der Waals surface area contributed by atoms with E-state index < -0.39 is 11.6 Å².